The molecule has 1 aromatic rings. The van der Waals surface area contributed by atoms with Crippen LogP contribution in [0.25, 0.3) is 0 Å². The van der Waals surface area contributed by atoms with E-state index < -0.39 is 11.5 Å². The molecule has 0 radical (unpaired) electrons. The van der Waals surface area contributed by atoms with Gasteiger partial charge < -0.3 is 14.5 Å². The predicted molar refractivity (Wildman–Crippen MR) is 101 cm³/mol. The number of hydrogen-bond acceptors (Lipinski definition) is 4. The second-order valence-corrected chi connectivity index (χ2v) is 8.35. The van der Waals surface area contributed by atoms with Crippen molar-refractivity contribution in [3.05, 3.63) is 29.8 Å². The van der Waals surface area contributed by atoms with E-state index in [9.17, 15) is 14.0 Å². The van der Waals surface area contributed by atoms with Crippen LogP contribution in [0.2, 0.25) is 0 Å². The highest BCUT2D eigenvalue weighted by Gasteiger charge is 2.30. The maximum atomic E-state index is 13.3. The fourth-order valence-corrected chi connectivity index (χ4v) is 3.21. The average Bonchev–Trinajstić information content (AvgIpc) is 2.57. The molecule has 0 N–H and O–H groups in total. The Morgan fingerprint density at radius 3 is 2.70 bits per heavy atom. The van der Waals surface area contributed by atoms with Crippen LogP contribution in [0.3, 0.4) is 0 Å². The smallest absolute Gasteiger partial charge is 0.410 e. The summed E-state index contributed by atoms with van der Waals surface area (Å²) in [5.74, 6) is -0.705. The monoisotopic (exact) mass is 379 g/mol. The number of rotatable bonds is 4. The predicted octanol–water partition coefficient (Wildman–Crippen LogP) is 3.72. The first-order valence-electron chi connectivity index (χ1n) is 9.47. The lowest BCUT2D eigenvalue weighted by Gasteiger charge is -2.37. The van der Waals surface area contributed by atoms with Crippen LogP contribution in [0.4, 0.5) is 9.18 Å². The molecule has 6 nitrogen and oxygen atoms in total. The fraction of sp³-hybridized carbons (Fsp3) is 0.650. The van der Waals surface area contributed by atoms with Crippen LogP contribution < -0.4 is 0 Å². The van der Waals surface area contributed by atoms with Gasteiger partial charge >= 0.3 is 6.09 Å². The zero-order chi connectivity index (χ0) is 20.2. The molecule has 1 unspecified atom stereocenters. The second-order valence-electron chi connectivity index (χ2n) is 8.35. The summed E-state index contributed by atoms with van der Waals surface area (Å²) in [5.41, 5.74) is -0.250. The minimum Gasteiger partial charge on any atom is -0.444 e. The van der Waals surface area contributed by atoms with Gasteiger partial charge in [0, 0.05) is 43.5 Å². The van der Waals surface area contributed by atoms with E-state index in [4.69, 9.17) is 4.74 Å². The Morgan fingerprint density at radius 1 is 1.41 bits per heavy atom. The van der Waals surface area contributed by atoms with Gasteiger partial charge in [0.2, 0.25) is 5.95 Å². The normalized spacial score (nSPS) is 17.7. The summed E-state index contributed by atoms with van der Waals surface area (Å²) in [6.07, 6.45) is 2.75. The number of piperidine rings is 1. The lowest BCUT2D eigenvalue weighted by Crippen LogP contribution is -2.48. The second kappa shape index (κ2) is 8.67. The highest BCUT2D eigenvalue weighted by Crippen LogP contribution is 2.22. The first-order valence-corrected chi connectivity index (χ1v) is 9.47. The van der Waals surface area contributed by atoms with Gasteiger partial charge in [0.1, 0.15) is 5.60 Å². The topological polar surface area (TPSA) is 62.7 Å². The molecule has 0 aliphatic carbocycles. The molecule has 1 fully saturated rings. The molecular weight excluding hydrogens is 349 g/mol. The van der Waals surface area contributed by atoms with Gasteiger partial charge in [0.25, 0.3) is 5.91 Å². The van der Waals surface area contributed by atoms with Crippen LogP contribution in [0.1, 0.15) is 57.8 Å². The Bertz CT molecular complexity index is 673. The van der Waals surface area contributed by atoms with Gasteiger partial charge in [-0.2, -0.15) is 4.39 Å². The molecule has 0 aromatic carbocycles. The number of nitrogens with zero attached hydrogens (tertiary/aromatic N) is 3. The van der Waals surface area contributed by atoms with Crippen molar-refractivity contribution in [2.75, 3.05) is 19.6 Å². The zero-order valence-electron chi connectivity index (χ0n) is 16.9. The SMILES string of the molecule is CC(C)N(CC1CCCN(C(=O)c2ccnc(F)c2)C1)C(=O)OC(C)(C)C. The van der Waals surface area contributed by atoms with Crippen LogP contribution >= 0.6 is 0 Å². The molecule has 1 aliphatic rings. The number of aromatic nitrogens is 1. The van der Waals surface area contributed by atoms with Crippen LogP contribution in [0.15, 0.2) is 18.3 Å². The molecule has 1 saturated heterocycles. The minimum absolute atomic E-state index is 0.000205. The summed E-state index contributed by atoms with van der Waals surface area (Å²) in [7, 11) is 0. The minimum atomic E-state index is -0.662. The fourth-order valence-electron chi connectivity index (χ4n) is 3.21. The van der Waals surface area contributed by atoms with Crippen molar-refractivity contribution in [2.45, 2.75) is 59.1 Å². The molecule has 1 aliphatic heterocycles. The largest absolute Gasteiger partial charge is 0.444 e. The summed E-state index contributed by atoms with van der Waals surface area (Å²) in [6.45, 7) is 11.1. The molecule has 27 heavy (non-hydrogen) atoms. The van der Waals surface area contributed by atoms with Crippen molar-refractivity contribution in [2.24, 2.45) is 5.92 Å². The molecule has 2 heterocycles. The van der Waals surface area contributed by atoms with E-state index in [0.717, 1.165) is 18.9 Å². The summed E-state index contributed by atoms with van der Waals surface area (Å²) >= 11 is 0. The third-order valence-electron chi connectivity index (χ3n) is 4.49. The van der Waals surface area contributed by atoms with Gasteiger partial charge in [-0.15, -0.1) is 0 Å². The first kappa shape index (κ1) is 21.1. The van der Waals surface area contributed by atoms with Crippen molar-refractivity contribution in [1.82, 2.24) is 14.8 Å². The van der Waals surface area contributed by atoms with E-state index in [0.29, 0.717) is 25.2 Å². The number of hydrogen-bond donors (Lipinski definition) is 0. The van der Waals surface area contributed by atoms with E-state index >= 15 is 0 Å². The Balaban J connectivity index is 2.03. The maximum absolute atomic E-state index is 13.3. The maximum Gasteiger partial charge on any atom is 0.410 e. The van der Waals surface area contributed by atoms with Gasteiger partial charge in [-0.1, -0.05) is 0 Å². The highest BCUT2D eigenvalue weighted by atomic mass is 19.1. The molecule has 0 saturated carbocycles. The van der Waals surface area contributed by atoms with Crippen LogP contribution in [-0.2, 0) is 4.74 Å². The Hall–Kier alpha value is -2.18. The molecule has 0 bridgehead atoms. The van der Waals surface area contributed by atoms with Gasteiger partial charge in [0.15, 0.2) is 0 Å². The average molecular weight is 379 g/mol. The number of ether oxygens (including phenoxy) is 1. The van der Waals surface area contributed by atoms with Crippen molar-refractivity contribution < 1.29 is 18.7 Å². The molecular formula is C20H30FN3O3. The highest BCUT2D eigenvalue weighted by molar-refractivity contribution is 5.94. The number of amides is 2. The summed E-state index contributed by atoms with van der Waals surface area (Å²) in [5, 5.41) is 0. The van der Waals surface area contributed by atoms with E-state index in [1.54, 1.807) is 9.80 Å². The summed E-state index contributed by atoms with van der Waals surface area (Å²) in [4.78, 5) is 32.1. The van der Waals surface area contributed by atoms with Gasteiger partial charge in [-0.25, -0.2) is 9.78 Å². The lowest BCUT2D eigenvalue weighted by molar-refractivity contribution is 0.0124. The van der Waals surface area contributed by atoms with Crippen LogP contribution in [0.5, 0.6) is 0 Å². The van der Waals surface area contributed by atoms with Gasteiger partial charge in [0.05, 0.1) is 0 Å². The van der Waals surface area contributed by atoms with Crippen LogP contribution in [0, 0.1) is 11.9 Å². The first-order chi connectivity index (χ1) is 12.6. The van der Waals surface area contributed by atoms with E-state index in [1.165, 1.54) is 12.3 Å². The number of likely N-dealkylation sites (tertiary alicyclic amines) is 1. The van der Waals surface area contributed by atoms with E-state index in [-0.39, 0.29) is 24.0 Å². The molecule has 0 spiro atoms. The third kappa shape index (κ3) is 6.19. The van der Waals surface area contributed by atoms with Gasteiger partial charge in [-0.05, 0) is 59.4 Å². The zero-order valence-corrected chi connectivity index (χ0v) is 16.9. The molecule has 7 heteroatoms. The van der Waals surface area contributed by atoms with Crippen molar-refractivity contribution in [1.29, 1.82) is 0 Å². The number of halogens is 1. The molecule has 1 aromatic heterocycles. The molecule has 2 amide bonds. The summed E-state index contributed by atoms with van der Waals surface area (Å²) in [6, 6.07) is 2.68. The molecule has 2 rings (SSSR count). The number of pyridine rings is 1. The third-order valence-corrected chi connectivity index (χ3v) is 4.49. The van der Waals surface area contributed by atoms with Crippen molar-refractivity contribution in [3.8, 4) is 0 Å². The lowest BCUT2D eigenvalue weighted by atomic mass is 9.96. The number of carbonyl (C=O) groups excluding carboxylic acids is 2. The number of carbonyl (C=O) groups is 2. The van der Waals surface area contributed by atoms with Crippen molar-refractivity contribution in [3.63, 3.8) is 0 Å². The Kier molecular flexibility index (Phi) is 6.78. The van der Waals surface area contributed by atoms with Gasteiger partial charge in [-0.3, -0.25) is 4.79 Å². The quantitative estimate of drug-likeness (QED) is 0.748. The summed E-state index contributed by atoms with van der Waals surface area (Å²) < 4.78 is 18.8. The van der Waals surface area contributed by atoms with Crippen molar-refractivity contribution >= 4 is 12.0 Å². The van der Waals surface area contributed by atoms with Crippen LogP contribution in [-0.4, -0.2) is 58.1 Å². The van der Waals surface area contributed by atoms with E-state index in [2.05, 4.69) is 4.98 Å². The Morgan fingerprint density at radius 2 is 2.11 bits per heavy atom. The standard InChI is InChI=1S/C20H30FN3O3/c1-14(2)24(19(26)27-20(3,4)5)13-15-7-6-10-23(12-15)18(25)16-8-9-22-17(21)11-16/h8-9,11,14-15H,6-7,10,12-13H2,1-5H3. The molecule has 1 atom stereocenters. The Labute approximate surface area is 160 Å². The van der Waals surface area contributed by atoms with E-state index in [1.807, 2.05) is 34.6 Å². The molecule has 150 valence electrons.